The van der Waals surface area contributed by atoms with Gasteiger partial charge < -0.3 is 10.6 Å². The summed E-state index contributed by atoms with van der Waals surface area (Å²) in [5, 5.41) is 4.27. The molecule has 0 amide bonds. The van der Waals surface area contributed by atoms with Crippen LogP contribution in [0.4, 0.5) is 5.69 Å². The van der Waals surface area contributed by atoms with Crippen LogP contribution in [-0.4, -0.2) is 47.4 Å². The third-order valence-electron chi connectivity index (χ3n) is 4.21. The maximum absolute atomic E-state index is 6.00. The van der Waals surface area contributed by atoms with E-state index in [2.05, 4.69) is 51.4 Å². The number of anilines is 1. The molecule has 0 radical (unpaired) electrons. The van der Waals surface area contributed by atoms with Crippen LogP contribution in [0.5, 0.6) is 0 Å². The maximum atomic E-state index is 6.00. The second-order valence-electron chi connectivity index (χ2n) is 5.56. The number of benzene rings is 1. The lowest BCUT2D eigenvalue weighted by Crippen LogP contribution is -2.49. The van der Waals surface area contributed by atoms with Crippen LogP contribution in [0.3, 0.4) is 0 Å². The van der Waals surface area contributed by atoms with Gasteiger partial charge in [-0.25, -0.2) is 0 Å². The third kappa shape index (κ3) is 3.09. The molecule has 0 aliphatic carbocycles. The maximum Gasteiger partial charge on any atom is 0.0538 e. The Hall–Kier alpha value is -1.85. The van der Waals surface area contributed by atoms with Crippen molar-refractivity contribution in [2.75, 3.05) is 37.6 Å². The van der Waals surface area contributed by atoms with Crippen molar-refractivity contribution in [3.05, 3.63) is 48.3 Å². The number of hydrogen-bond acceptors (Lipinski definition) is 4. The zero-order chi connectivity index (χ0) is 14.7. The van der Waals surface area contributed by atoms with Gasteiger partial charge in [0.1, 0.15) is 0 Å². The van der Waals surface area contributed by atoms with Crippen molar-refractivity contribution in [3.8, 4) is 0 Å². The van der Waals surface area contributed by atoms with E-state index in [0.29, 0.717) is 6.54 Å². The number of aryl methyl sites for hydroxylation is 1. The van der Waals surface area contributed by atoms with Gasteiger partial charge in [0.2, 0.25) is 0 Å². The van der Waals surface area contributed by atoms with Crippen molar-refractivity contribution < 1.29 is 0 Å². The second-order valence-corrected chi connectivity index (χ2v) is 5.56. The molecule has 1 aliphatic heterocycles. The summed E-state index contributed by atoms with van der Waals surface area (Å²) in [5.74, 6) is 0. The van der Waals surface area contributed by atoms with E-state index in [9.17, 15) is 0 Å². The molecule has 1 aliphatic rings. The molecular formula is C16H23N5. The molecule has 0 saturated carbocycles. The molecule has 112 valence electrons. The van der Waals surface area contributed by atoms with Crippen LogP contribution in [0.1, 0.15) is 11.6 Å². The Kier molecular flexibility index (Phi) is 4.22. The van der Waals surface area contributed by atoms with Crippen molar-refractivity contribution in [2.45, 2.75) is 6.04 Å². The Morgan fingerprint density at radius 3 is 2.43 bits per heavy atom. The minimum absolute atomic E-state index is 0.275. The largest absolute Gasteiger partial charge is 0.369 e. The van der Waals surface area contributed by atoms with E-state index in [4.69, 9.17) is 5.73 Å². The molecule has 1 fully saturated rings. The number of aromatic nitrogens is 2. The first-order chi connectivity index (χ1) is 10.3. The normalized spacial score (nSPS) is 17.9. The molecule has 21 heavy (non-hydrogen) atoms. The molecule has 5 nitrogen and oxygen atoms in total. The number of nitrogens with zero attached hydrogens (tertiary/aromatic N) is 4. The summed E-state index contributed by atoms with van der Waals surface area (Å²) in [7, 11) is 1.95. The predicted molar refractivity (Wildman–Crippen MR) is 85.2 cm³/mol. The summed E-state index contributed by atoms with van der Waals surface area (Å²) in [4.78, 5) is 4.91. The summed E-state index contributed by atoms with van der Waals surface area (Å²) >= 11 is 0. The molecule has 1 unspecified atom stereocenters. The molecule has 0 spiro atoms. The Balaban J connectivity index is 1.64. The molecule has 2 aromatic rings. The zero-order valence-electron chi connectivity index (χ0n) is 12.5. The van der Waals surface area contributed by atoms with Crippen LogP contribution >= 0.6 is 0 Å². The summed E-state index contributed by atoms with van der Waals surface area (Å²) in [6, 6.07) is 10.9. The summed E-state index contributed by atoms with van der Waals surface area (Å²) in [6.45, 7) is 4.79. The molecule has 1 atom stereocenters. The van der Waals surface area contributed by atoms with Gasteiger partial charge in [0.15, 0.2) is 0 Å². The second kappa shape index (κ2) is 6.28. The monoisotopic (exact) mass is 285 g/mol. The number of nitrogens with two attached hydrogens (primary N) is 1. The highest BCUT2D eigenvalue weighted by Crippen LogP contribution is 2.23. The minimum Gasteiger partial charge on any atom is -0.369 e. The highest BCUT2D eigenvalue weighted by molar-refractivity contribution is 5.46. The van der Waals surface area contributed by atoms with E-state index in [-0.39, 0.29) is 6.04 Å². The van der Waals surface area contributed by atoms with E-state index in [1.165, 1.54) is 11.3 Å². The summed E-state index contributed by atoms with van der Waals surface area (Å²) in [5.41, 5.74) is 8.52. The first-order valence-electron chi connectivity index (χ1n) is 7.50. The van der Waals surface area contributed by atoms with Crippen LogP contribution in [0.15, 0.2) is 42.7 Å². The molecule has 2 heterocycles. The van der Waals surface area contributed by atoms with Crippen LogP contribution in [0, 0.1) is 0 Å². The Labute approximate surface area is 126 Å². The van der Waals surface area contributed by atoms with E-state index >= 15 is 0 Å². The van der Waals surface area contributed by atoms with Crippen molar-refractivity contribution >= 4 is 5.69 Å². The number of para-hydroxylation sites is 1. The minimum atomic E-state index is 0.275. The molecule has 5 heteroatoms. The number of piperazine rings is 1. The Morgan fingerprint density at radius 2 is 1.86 bits per heavy atom. The van der Waals surface area contributed by atoms with Gasteiger partial charge in [-0.2, -0.15) is 5.10 Å². The lowest BCUT2D eigenvalue weighted by molar-refractivity contribution is 0.190. The first kappa shape index (κ1) is 14.1. The van der Waals surface area contributed by atoms with Crippen LogP contribution in [0.25, 0.3) is 0 Å². The molecule has 1 aromatic heterocycles. The summed E-state index contributed by atoms with van der Waals surface area (Å²) < 4.78 is 1.85. The third-order valence-corrected chi connectivity index (χ3v) is 4.21. The molecule has 1 aromatic carbocycles. The fourth-order valence-corrected chi connectivity index (χ4v) is 3.04. The molecule has 3 rings (SSSR count). The molecular weight excluding hydrogens is 262 g/mol. The van der Waals surface area contributed by atoms with Gasteiger partial charge in [0.25, 0.3) is 0 Å². The van der Waals surface area contributed by atoms with Crippen molar-refractivity contribution in [2.24, 2.45) is 12.8 Å². The van der Waals surface area contributed by atoms with E-state index in [1.54, 1.807) is 0 Å². The Bertz CT molecular complexity index is 557. The van der Waals surface area contributed by atoms with E-state index in [0.717, 1.165) is 26.2 Å². The smallest absolute Gasteiger partial charge is 0.0538 e. The zero-order valence-corrected chi connectivity index (χ0v) is 12.5. The lowest BCUT2D eigenvalue weighted by Gasteiger charge is -2.39. The molecule has 2 N–H and O–H groups in total. The van der Waals surface area contributed by atoms with Gasteiger partial charge in [0.05, 0.1) is 12.2 Å². The highest BCUT2D eigenvalue weighted by atomic mass is 15.3. The molecule has 0 bridgehead atoms. The highest BCUT2D eigenvalue weighted by Gasteiger charge is 2.24. The van der Waals surface area contributed by atoms with E-state index in [1.807, 2.05) is 17.9 Å². The van der Waals surface area contributed by atoms with E-state index < -0.39 is 0 Å². The predicted octanol–water partition coefficient (Wildman–Crippen LogP) is 1.24. The van der Waals surface area contributed by atoms with Crippen molar-refractivity contribution in [1.29, 1.82) is 0 Å². The first-order valence-corrected chi connectivity index (χ1v) is 7.50. The van der Waals surface area contributed by atoms with Gasteiger partial charge in [-0.3, -0.25) is 9.58 Å². The fraction of sp³-hybridized carbons (Fsp3) is 0.438. The quantitative estimate of drug-likeness (QED) is 0.918. The Morgan fingerprint density at radius 1 is 1.14 bits per heavy atom. The molecule has 1 saturated heterocycles. The number of rotatable bonds is 4. The van der Waals surface area contributed by atoms with Crippen LogP contribution < -0.4 is 10.6 Å². The number of hydrogen-bond donors (Lipinski definition) is 1. The fourth-order valence-electron chi connectivity index (χ4n) is 3.04. The van der Waals surface area contributed by atoms with Gasteiger partial charge in [-0.15, -0.1) is 0 Å². The van der Waals surface area contributed by atoms with Gasteiger partial charge in [-0.05, 0) is 12.1 Å². The van der Waals surface area contributed by atoms with Crippen LogP contribution in [0.2, 0.25) is 0 Å². The SMILES string of the molecule is Cn1cc(C(CN)N2CCN(c3ccccc3)CC2)cn1. The standard InChI is InChI=1S/C16H23N5/c1-19-13-14(12-18-19)16(11-17)21-9-7-20(8-10-21)15-5-3-2-4-6-15/h2-6,12-13,16H,7-11,17H2,1H3. The van der Waals surface area contributed by atoms with Gasteiger partial charge >= 0.3 is 0 Å². The van der Waals surface area contributed by atoms with Crippen molar-refractivity contribution in [1.82, 2.24) is 14.7 Å². The average molecular weight is 285 g/mol. The van der Waals surface area contributed by atoms with Crippen molar-refractivity contribution in [3.63, 3.8) is 0 Å². The topological polar surface area (TPSA) is 50.3 Å². The summed E-state index contributed by atoms with van der Waals surface area (Å²) in [6.07, 6.45) is 4.00. The lowest BCUT2D eigenvalue weighted by atomic mass is 10.1. The van der Waals surface area contributed by atoms with Gasteiger partial charge in [-0.1, -0.05) is 18.2 Å². The van der Waals surface area contributed by atoms with Gasteiger partial charge in [0, 0.05) is 57.2 Å². The average Bonchev–Trinajstić information content (AvgIpc) is 2.96. The van der Waals surface area contributed by atoms with Crippen LogP contribution in [-0.2, 0) is 7.05 Å².